The fraction of sp³-hybridized carbons (Fsp3) is 0.200. The number of nitrogen functional groups attached to an aromatic ring is 1. The Morgan fingerprint density at radius 1 is 1.10 bits per heavy atom. The van der Waals surface area contributed by atoms with E-state index in [0.717, 1.165) is 11.4 Å². The molecule has 0 atom stereocenters. The summed E-state index contributed by atoms with van der Waals surface area (Å²) in [7, 11) is 0. The van der Waals surface area contributed by atoms with Crippen molar-refractivity contribution in [2.24, 2.45) is 5.84 Å². The lowest BCUT2D eigenvalue weighted by molar-refractivity contribution is 0.769. The number of anilines is 1. The van der Waals surface area contributed by atoms with E-state index in [4.69, 9.17) is 5.84 Å². The first-order chi connectivity index (χ1) is 9.69. The number of hydrogen-bond donors (Lipinski definition) is 2. The molecule has 0 spiro atoms. The first-order valence-electron chi connectivity index (χ1n) is 5.77. The van der Waals surface area contributed by atoms with Crippen LogP contribution in [0.3, 0.4) is 0 Å². The van der Waals surface area contributed by atoms with Crippen molar-refractivity contribution in [1.82, 2.24) is 39.3 Å². The van der Waals surface area contributed by atoms with E-state index >= 15 is 0 Å². The Morgan fingerprint density at radius 3 is 2.50 bits per heavy atom. The third-order valence-electron chi connectivity index (χ3n) is 2.83. The molecule has 102 valence electrons. The number of hydrogen-bond acceptors (Lipinski definition) is 8. The molecule has 0 aliphatic carbocycles. The smallest absolute Gasteiger partial charge is 0.258 e. The molecule has 0 amide bonds. The summed E-state index contributed by atoms with van der Waals surface area (Å²) >= 11 is 0. The van der Waals surface area contributed by atoms with Crippen molar-refractivity contribution < 1.29 is 0 Å². The van der Waals surface area contributed by atoms with Crippen molar-refractivity contribution >= 4 is 5.95 Å². The van der Waals surface area contributed by atoms with Gasteiger partial charge in [0.25, 0.3) is 5.95 Å². The molecule has 3 heterocycles. The number of hydrazine groups is 1. The van der Waals surface area contributed by atoms with E-state index in [-0.39, 0.29) is 5.95 Å². The standard InChI is InChI=1S/C10H12N10/c1-6-7(2)19(5-13-6)9-15-8(18-11)16-10(17-9)20-4-12-3-14-20/h3-5H,11H2,1-2H3,(H,15,16,17,18). The van der Waals surface area contributed by atoms with Crippen LogP contribution in [0, 0.1) is 13.8 Å². The third-order valence-corrected chi connectivity index (χ3v) is 2.83. The minimum atomic E-state index is 0.228. The summed E-state index contributed by atoms with van der Waals surface area (Å²) in [5.41, 5.74) is 4.24. The highest BCUT2D eigenvalue weighted by Crippen LogP contribution is 2.12. The minimum absolute atomic E-state index is 0.228. The van der Waals surface area contributed by atoms with Crippen LogP contribution in [-0.2, 0) is 0 Å². The number of rotatable bonds is 3. The summed E-state index contributed by atoms with van der Waals surface area (Å²) in [6.07, 6.45) is 4.53. The van der Waals surface area contributed by atoms with Crippen LogP contribution in [0.15, 0.2) is 19.0 Å². The van der Waals surface area contributed by atoms with Gasteiger partial charge in [0.1, 0.15) is 19.0 Å². The second-order valence-corrected chi connectivity index (χ2v) is 4.03. The first-order valence-corrected chi connectivity index (χ1v) is 5.77. The molecule has 3 aromatic heterocycles. The average molecular weight is 272 g/mol. The van der Waals surface area contributed by atoms with Crippen LogP contribution < -0.4 is 11.3 Å². The van der Waals surface area contributed by atoms with Crippen LogP contribution in [0.25, 0.3) is 11.9 Å². The normalized spacial score (nSPS) is 10.8. The lowest BCUT2D eigenvalue weighted by atomic mass is 10.4. The van der Waals surface area contributed by atoms with Crippen LogP contribution >= 0.6 is 0 Å². The second-order valence-electron chi connectivity index (χ2n) is 4.03. The summed E-state index contributed by atoms with van der Waals surface area (Å²) in [6.45, 7) is 3.84. The Balaban J connectivity index is 2.16. The maximum Gasteiger partial charge on any atom is 0.258 e. The van der Waals surface area contributed by atoms with Crippen molar-refractivity contribution in [3.05, 3.63) is 30.4 Å². The highest BCUT2D eigenvalue weighted by Gasteiger charge is 2.12. The fourth-order valence-corrected chi connectivity index (χ4v) is 1.64. The lowest BCUT2D eigenvalue weighted by Crippen LogP contribution is -2.16. The first kappa shape index (κ1) is 12.2. The van der Waals surface area contributed by atoms with Gasteiger partial charge < -0.3 is 0 Å². The van der Waals surface area contributed by atoms with E-state index < -0.39 is 0 Å². The van der Waals surface area contributed by atoms with Crippen LogP contribution in [0.5, 0.6) is 0 Å². The van der Waals surface area contributed by atoms with Crippen molar-refractivity contribution in [1.29, 1.82) is 0 Å². The van der Waals surface area contributed by atoms with Crippen molar-refractivity contribution in [2.45, 2.75) is 13.8 Å². The van der Waals surface area contributed by atoms with Gasteiger partial charge >= 0.3 is 0 Å². The molecule has 0 radical (unpaired) electrons. The Hall–Kier alpha value is -2.88. The molecule has 0 bridgehead atoms. The number of imidazole rings is 1. The van der Waals surface area contributed by atoms with Crippen molar-refractivity contribution in [3.8, 4) is 11.9 Å². The Kier molecular flexibility index (Phi) is 2.84. The molecule has 0 aliphatic rings. The molecule has 10 nitrogen and oxygen atoms in total. The number of nitrogens with zero attached hydrogens (tertiary/aromatic N) is 8. The van der Waals surface area contributed by atoms with Gasteiger partial charge in [-0.25, -0.2) is 15.8 Å². The highest BCUT2D eigenvalue weighted by molar-refractivity contribution is 5.32. The maximum absolute atomic E-state index is 5.39. The number of nitrogens with one attached hydrogen (secondary N) is 1. The van der Waals surface area contributed by atoms with Gasteiger partial charge in [0.15, 0.2) is 0 Å². The predicted octanol–water partition coefficient (Wildman–Crippen LogP) is -0.460. The van der Waals surface area contributed by atoms with Gasteiger partial charge in [-0.15, -0.1) is 0 Å². The summed E-state index contributed by atoms with van der Waals surface area (Å²) in [5, 5.41) is 3.98. The summed E-state index contributed by atoms with van der Waals surface area (Å²) in [6, 6.07) is 0. The van der Waals surface area contributed by atoms with E-state index in [9.17, 15) is 0 Å². The molecule has 3 N–H and O–H groups in total. The minimum Gasteiger partial charge on any atom is -0.292 e. The van der Waals surface area contributed by atoms with Gasteiger partial charge in [-0.3, -0.25) is 9.99 Å². The fourth-order valence-electron chi connectivity index (χ4n) is 1.64. The number of nitrogens with two attached hydrogens (primary N) is 1. The Morgan fingerprint density at radius 2 is 1.90 bits per heavy atom. The predicted molar refractivity (Wildman–Crippen MR) is 69.2 cm³/mol. The molecule has 10 heteroatoms. The van der Waals surface area contributed by atoms with Crippen LogP contribution in [0.4, 0.5) is 5.95 Å². The SMILES string of the molecule is Cc1ncn(-c2nc(NN)nc(-n3cncn3)n2)c1C. The molecule has 0 aliphatic heterocycles. The summed E-state index contributed by atoms with van der Waals surface area (Å²) < 4.78 is 3.17. The lowest BCUT2D eigenvalue weighted by Gasteiger charge is -2.07. The van der Waals surface area contributed by atoms with Crippen LogP contribution in [0.2, 0.25) is 0 Å². The molecule has 3 rings (SSSR count). The molecule has 20 heavy (non-hydrogen) atoms. The molecule has 0 aromatic carbocycles. The molecule has 0 unspecified atom stereocenters. The zero-order valence-electron chi connectivity index (χ0n) is 10.9. The van der Waals surface area contributed by atoms with Gasteiger partial charge in [0.2, 0.25) is 11.9 Å². The van der Waals surface area contributed by atoms with E-state index in [1.807, 2.05) is 13.8 Å². The number of aryl methyl sites for hydroxylation is 1. The molecule has 3 aromatic rings. The van der Waals surface area contributed by atoms with Crippen molar-refractivity contribution in [2.75, 3.05) is 5.43 Å². The van der Waals surface area contributed by atoms with E-state index in [1.165, 1.54) is 17.3 Å². The van der Waals surface area contributed by atoms with E-state index in [2.05, 4.69) is 35.4 Å². The summed E-state index contributed by atoms with van der Waals surface area (Å²) in [4.78, 5) is 20.7. The third kappa shape index (κ3) is 1.97. The second kappa shape index (κ2) is 4.66. The molecule has 0 fully saturated rings. The maximum atomic E-state index is 5.39. The van der Waals surface area contributed by atoms with E-state index in [1.54, 1.807) is 10.9 Å². The van der Waals surface area contributed by atoms with Gasteiger partial charge in [0.05, 0.1) is 5.69 Å². The quantitative estimate of drug-likeness (QED) is 0.484. The summed E-state index contributed by atoms with van der Waals surface area (Å²) in [5.74, 6) is 6.33. The zero-order valence-corrected chi connectivity index (χ0v) is 10.9. The molecular weight excluding hydrogens is 260 g/mol. The van der Waals surface area contributed by atoms with Crippen molar-refractivity contribution in [3.63, 3.8) is 0 Å². The molecule has 0 saturated heterocycles. The van der Waals surface area contributed by atoms with Gasteiger partial charge in [0, 0.05) is 5.69 Å². The molecule has 0 saturated carbocycles. The van der Waals surface area contributed by atoms with Crippen LogP contribution in [0.1, 0.15) is 11.4 Å². The Bertz CT molecular complexity index is 729. The largest absolute Gasteiger partial charge is 0.292 e. The van der Waals surface area contributed by atoms with Crippen LogP contribution in [-0.4, -0.2) is 39.3 Å². The average Bonchev–Trinajstić information content (AvgIpc) is 3.10. The Labute approximate surface area is 113 Å². The van der Waals surface area contributed by atoms with Gasteiger partial charge in [-0.1, -0.05) is 0 Å². The highest BCUT2D eigenvalue weighted by atomic mass is 15.4. The topological polar surface area (TPSA) is 125 Å². The van der Waals surface area contributed by atoms with E-state index in [0.29, 0.717) is 11.9 Å². The molecular formula is C10H12N10. The number of aromatic nitrogens is 8. The monoisotopic (exact) mass is 272 g/mol. The zero-order chi connectivity index (χ0) is 14.1. The van der Waals surface area contributed by atoms with Gasteiger partial charge in [-0.05, 0) is 13.8 Å². The van der Waals surface area contributed by atoms with Gasteiger partial charge in [-0.2, -0.15) is 24.7 Å².